The normalized spacial score (nSPS) is 12.6. The molecule has 1 amide bonds. The molecule has 0 saturated carbocycles. The van der Waals surface area contributed by atoms with Crippen molar-refractivity contribution in [2.75, 3.05) is 25.2 Å². The fourth-order valence-electron chi connectivity index (χ4n) is 2.91. The Morgan fingerprint density at radius 1 is 1.25 bits per heavy atom. The number of amides is 1. The van der Waals surface area contributed by atoms with Crippen LogP contribution < -0.4 is 30.2 Å². The van der Waals surface area contributed by atoms with E-state index in [1.165, 1.54) is 6.07 Å². The van der Waals surface area contributed by atoms with Crippen LogP contribution >= 0.6 is 0 Å². The lowest BCUT2D eigenvalue weighted by Gasteiger charge is -2.13. The summed E-state index contributed by atoms with van der Waals surface area (Å²) in [6.45, 7) is 1.70. The Hall–Kier alpha value is -3.63. The van der Waals surface area contributed by atoms with E-state index in [4.69, 9.17) is 9.47 Å². The number of ether oxygens (including phenoxy) is 3. The van der Waals surface area contributed by atoms with E-state index in [9.17, 15) is 13.6 Å². The van der Waals surface area contributed by atoms with E-state index in [1.807, 2.05) is 26.0 Å². The van der Waals surface area contributed by atoms with E-state index in [-0.39, 0.29) is 31.4 Å². The van der Waals surface area contributed by atoms with E-state index >= 15 is 0 Å². The molecule has 172 valence electrons. The molecule has 1 aromatic heterocycles. The van der Waals surface area contributed by atoms with Gasteiger partial charge in [-0.15, -0.1) is 0 Å². The number of anilines is 1. The highest BCUT2D eigenvalue weighted by atomic mass is 19.3. The quantitative estimate of drug-likeness (QED) is 0.399. The Balaban J connectivity index is 1.59. The number of halogens is 2. The van der Waals surface area contributed by atoms with Crippen molar-refractivity contribution in [1.82, 2.24) is 15.6 Å². The maximum absolute atomic E-state index is 12.8. The molecule has 0 bridgehead atoms. The number of nitrogens with one attached hydrogen (secondary N) is 3. The molecular weight excluding hydrogens is 424 g/mol. The number of carbonyl (C=O) groups excluding carboxylic acids is 1. The lowest BCUT2D eigenvalue weighted by molar-refractivity contribution is -0.116. The van der Waals surface area contributed by atoms with Crippen LogP contribution in [-0.4, -0.2) is 43.3 Å². The maximum atomic E-state index is 12.8. The van der Waals surface area contributed by atoms with Gasteiger partial charge in [-0.1, -0.05) is 6.07 Å². The summed E-state index contributed by atoms with van der Waals surface area (Å²) < 4.78 is 40.7. The van der Waals surface area contributed by atoms with Crippen LogP contribution in [0.2, 0.25) is 0 Å². The van der Waals surface area contributed by atoms with Crippen molar-refractivity contribution in [3.63, 3.8) is 0 Å². The van der Waals surface area contributed by atoms with E-state index in [2.05, 4.69) is 30.7 Å². The number of alkyl halides is 2. The highest BCUT2D eigenvalue weighted by Crippen LogP contribution is 2.39. The first-order valence-electron chi connectivity index (χ1n) is 10.1. The summed E-state index contributed by atoms with van der Waals surface area (Å²) in [5.41, 5.74) is 1.22. The number of aliphatic imine (C=N–C) groups is 1. The second kappa shape index (κ2) is 11.1. The summed E-state index contributed by atoms with van der Waals surface area (Å²) >= 11 is 0. The minimum absolute atomic E-state index is 0.0144. The average Bonchev–Trinajstić information content (AvgIpc) is 3.18. The summed E-state index contributed by atoms with van der Waals surface area (Å²) in [5.74, 6) is 1.46. The Bertz CT molecular complexity index is 971. The van der Waals surface area contributed by atoms with E-state index in [1.54, 1.807) is 12.1 Å². The zero-order valence-corrected chi connectivity index (χ0v) is 17.8. The highest BCUT2D eigenvalue weighted by molar-refractivity contribution is 5.90. The van der Waals surface area contributed by atoms with Crippen LogP contribution in [0.4, 0.5) is 14.6 Å². The monoisotopic (exact) mass is 449 g/mol. The van der Waals surface area contributed by atoms with Gasteiger partial charge in [-0.2, -0.15) is 8.78 Å². The third-order valence-electron chi connectivity index (χ3n) is 4.32. The predicted molar refractivity (Wildman–Crippen MR) is 114 cm³/mol. The van der Waals surface area contributed by atoms with Gasteiger partial charge in [0.25, 0.3) is 0 Å². The summed E-state index contributed by atoms with van der Waals surface area (Å²) in [7, 11) is 0. The predicted octanol–water partition coefficient (Wildman–Crippen LogP) is 2.80. The highest BCUT2D eigenvalue weighted by Gasteiger charge is 2.20. The van der Waals surface area contributed by atoms with Gasteiger partial charge in [0.15, 0.2) is 17.5 Å². The molecule has 0 atom stereocenters. The molecule has 2 heterocycles. The Morgan fingerprint density at radius 3 is 2.75 bits per heavy atom. The molecule has 1 aromatic carbocycles. The van der Waals surface area contributed by atoms with Crippen LogP contribution in [-0.2, 0) is 11.3 Å². The van der Waals surface area contributed by atoms with Crippen LogP contribution in [0.1, 0.15) is 24.6 Å². The van der Waals surface area contributed by atoms with Gasteiger partial charge < -0.3 is 30.2 Å². The number of guanidine groups is 1. The van der Waals surface area contributed by atoms with Gasteiger partial charge in [0.05, 0.1) is 6.54 Å². The van der Waals surface area contributed by atoms with Gasteiger partial charge >= 0.3 is 6.61 Å². The number of benzene rings is 1. The van der Waals surface area contributed by atoms with Crippen molar-refractivity contribution in [3.05, 3.63) is 41.6 Å². The number of aromatic nitrogens is 1. The van der Waals surface area contributed by atoms with Gasteiger partial charge in [0.2, 0.25) is 12.7 Å². The van der Waals surface area contributed by atoms with Crippen LogP contribution in [0, 0.1) is 6.92 Å². The summed E-state index contributed by atoms with van der Waals surface area (Å²) in [6, 6.07) is 8.30. The Labute approximate surface area is 184 Å². The van der Waals surface area contributed by atoms with E-state index < -0.39 is 6.61 Å². The van der Waals surface area contributed by atoms with Crippen LogP contribution in [0.25, 0.3) is 0 Å². The second-order valence-electron chi connectivity index (χ2n) is 6.78. The Morgan fingerprint density at radius 2 is 2.03 bits per heavy atom. The van der Waals surface area contributed by atoms with Crippen molar-refractivity contribution >= 4 is 17.7 Å². The van der Waals surface area contributed by atoms with Crippen molar-refractivity contribution < 1.29 is 27.8 Å². The Kier molecular flexibility index (Phi) is 8.01. The van der Waals surface area contributed by atoms with E-state index in [0.29, 0.717) is 41.9 Å². The number of rotatable bonds is 9. The second-order valence-corrected chi connectivity index (χ2v) is 6.78. The first-order chi connectivity index (χ1) is 15.4. The number of pyridine rings is 1. The number of carbonyl (C=O) groups is 1. The molecular formula is C21H25F2N5O4. The van der Waals surface area contributed by atoms with Crippen LogP contribution in [0.15, 0.2) is 35.3 Å². The minimum atomic E-state index is -2.98. The molecule has 3 rings (SSSR count). The summed E-state index contributed by atoms with van der Waals surface area (Å²) in [6.07, 6.45) is 0.184. The lowest BCUT2D eigenvalue weighted by atomic mass is 10.1. The van der Waals surface area contributed by atoms with Gasteiger partial charge in [-0.05, 0) is 32.0 Å². The third-order valence-corrected chi connectivity index (χ3v) is 4.32. The van der Waals surface area contributed by atoms with Crippen molar-refractivity contribution in [2.24, 2.45) is 4.99 Å². The standard InChI is InChI=1S/C21H25F2N5O4/c1-3-24-21(25-8-7-19(29)28-18-6-4-5-13(2)27-18)26-11-14-9-16-17(31-12-30-16)10-15(14)32-20(22)23/h4-6,9-10,20H,3,7-8,11-12H2,1-2H3,(H2,24,25,26)(H,27,28,29). The van der Waals surface area contributed by atoms with Gasteiger partial charge in [0, 0.05) is 36.8 Å². The van der Waals surface area contributed by atoms with Crippen LogP contribution in [0.5, 0.6) is 17.2 Å². The van der Waals surface area contributed by atoms with Crippen molar-refractivity contribution in [1.29, 1.82) is 0 Å². The maximum Gasteiger partial charge on any atom is 0.387 e. The third kappa shape index (κ3) is 6.69. The molecule has 0 spiro atoms. The average molecular weight is 449 g/mol. The largest absolute Gasteiger partial charge is 0.454 e. The molecule has 0 radical (unpaired) electrons. The van der Waals surface area contributed by atoms with Crippen molar-refractivity contribution in [2.45, 2.75) is 33.4 Å². The molecule has 0 unspecified atom stereocenters. The molecule has 0 saturated heterocycles. The number of fused-ring (bicyclic) bond motifs is 1. The number of nitrogens with zero attached hydrogens (tertiary/aromatic N) is 2. The molecule has 32 heavy (non-hydrogen) atoms. The SMILES string of the molecule is CCNC(=NCc1cc2c(cc1OC(F)F)OCO2)NCCC(=O)Nc1cccc(C)n1. The fourth-order valence-corrected chi connectivity index (χ4v) is 2.91. The van der Waals surface area contributed by atoms with Gasteiger partial charge in [0.1, 0.15) is 11.6 Å². The molecule has 11 heteroatoms. The van der Waals surface area contributed by atoms with Gasteiger partial charge in [-0.3, -0.25) is 4.79 Å². The zero-order chi connectivity index (χ0) is 22.9. The zero-order valence-electron chi connectivity index (χ0n) is 17.8. The minimum Gasteiger partial charge on any atom is -0.454 e. The lowest BCUT2D eigenvalue weighted by Crippen LogP contribution is -2.38. The first kappa shape index (κ1) is 23.0. The van der Waals surface area contributed by atoms with Crippen LogP contribution in [0.3, 0.4) is 0 Å². The fraction of sp³-hybridized carbons (Fsp3) is 0.381. The van der Waals surface area contributed by atoms with E-state index in [0.717, 1.165) is 5.69 Å². The molecule has 3 N–H and O–H groups in total. The molecule has 9 nitrogen and oxygen atoms in total. The molecule has 2 aromatic rings. The number of aryl methyl sites for hydroxylation is 1. The van der Waals surface area contributed by atoms with Gasteiger partial charge in [-0.25, -0.2) is 9.98 Å². The smallest absolute Gasteiger partial charge is 0.387 e. The summed E-state index contributed by atoms with van der Waals surface area (Å²) in [4.78, 5) is 20.8. The first-order valence-corrected chi connectivity index (χ1v) is 10.1. The number of hydrogen-bond acceptors (Lipinski definition) is 6. The molecule has 1 aliphatic rings. The molecule has 0 fully saturated rings. The number of hydrogen-bond donors (Lipinski definition) is 3. The topological polar surface area (TPSA) is 106 Å². The van der Waals surface area contributed by atoms with Crippen molar-refractivity contribution in [3.8, 4) is 17.2 Å². The molecule has 1 aliphatic heterocycles. The summed E-state index contributed by atoms with van der Waals surface area (Å²) in [5, 5.41) is 8.82. The molecule has 0 aliphatic carbocycles.